The third-order valence-corrected chi connectivity index (χ3v) is 3.98. The molecule has 1 fully saturated rings. The van der Waals surface area contributed by atoms with Crippen LogP contribution in [0, 0.1) is 0 Å². The highest BCUT2D eigenvalue weighted by Crippen LogP contribution is 2.30. The molecular weight excluding hydrogens is 280 g/mol. The molecule has 3 rings (SSSR count). The predicted molar refractivity (Wildman–Crippen MR) is 75.1 cm³/mol. The maximum Gasteiger partial charge on any atom is 0.245 e. The van der Waals surface area contributed by atoms with E-state index in [-0.39, 0.29) is 12.1 Å². The average Bonchev–Trinajstić information content (AvgIpc) is 3.12. The molecule has 2 aromatic rings. The van der Waals surface area contributed by atoms with Crippen molar-refractivity contribution < 1.29 is 9.47 Å². The van der Waals surface area contributed by atoms with Crippen LogP contribution in [-0.4, -0.2) is 39.3 Å². The van der Waals surface area contributed by atoms with Crippen LogP contribution in [0.4, 0.5) is 0 Å². The minimum absolute atomic E-state index is 0.135. The molecule has 20 heavy (non-hydrogen) atoms. The van der Waals surface area contributed by atoms with Crippen molar-refractivity contribution in [1.29, 1.82) is 0 Å². The lowest BCUT2D eigenvalue weighted by molar-refractivity contribution is 0.0736. The summed E-state index contributed by atoms with van der Waals surface area (Å²) in [6.45, 7) is 2.93. The van der Waals surface area contributed by atoms with Gasteiger partial charge in [0.25, 0.3) is 0 Å². The fourth-order valence-corrected chi connectivity index (χ4v) is 2.94. The topological polar surface area (TPSA) is 62.1 Å². The maximum absolute atomic E-state index is 6.04. The number of fused-ring (bicyclic) bond motifs is 1. The lowest BCUT2D eigenvalue weighted by Crippen LogP contribution is -2.22. The summed E-state index contributed by atoms with van der Waals surface area (Å²) < 4.78 is 13.1. The van der Waals surface area contributed by atoms with Crippen molar-refractivity contribution in [3.8, 4) is 5.88 Å². The molecule has 0 aromatic carbocycles. The molecule has 1 saturated heterocycles. The normalized spacial score (nSPS) is 20.4. The Labute approximate surface area is 122 Å². The zero-order valence-electron chi connectivity index (χ0n) is 11.5. The lowest BCUT2D eigenvalue weighted by Gasteiger charge is -2.22. The van der Waals surface area contributed by atoms with Crippen LogP contribution >= 0.6 is 11.6 Å². The van der Waals surface area contributed by atoms with Crippen LogP contribution in [-0.2, 0) is 10.6 Å². The van der Waals surface area contributed by atoms with Gasteiger partial charge < -0.3 is 14.0 Å². The molecule has 0 amide bonds. The van der Waals surface area contributed by atoms with Gasteiger partial charge in [0.05, 0.1) is 25.1 Å². The minimum Gasteiger partial charge on any atom is -0.479 e. The number of methoxy groups -OCH3 is 1. The van der Waals surface area contributed by atoms with E-state index in [1.54, 1.807) is 7.11 Å². The van der Waals surface area contributed by atoms with E-state index in [1.165, 1.54) is 6.33 Å². The van der Waals surface area contributed by atoms with E-state index < -0.39 is 0 Å². The van der Waals surface area contributed by atoms with Crippen LogP contribution in [0.1, 0.15) is 31.6 Å². The van der Waals surface area contributed by atoms with Gasteiger partial charge in [-0.25, -0.2) is 9.97 Å². The monoisotopic (exact) mass is 296 g/mol. The Kier molecular flexibility index (Phi) is 3.76. The molecule has 6 nitrogen and oxygen atoms in total. The largest absolute Gasteiger partial charge is 0.479 e. The third kappa shape index (κ3) is 2.13. The van der Waals surface area contributed by atoms with Gasteiger partial charge in [0.15, 0.2) is 11.2 Å². The molecule has 3 heterocycles. The standard InChI is InChI=1S/C13H17ClN4O2/c1-8(9-4-3-5-20-9)18-10(6-14)17-11-12(18)15-7-16-13(11)19-2/h7-9H,3-6H2,1-2H3. The van der Waals surface area contributed by atoms with E-state index in [9.17, 15) is 0 Å². The second kappa shape index (κ2) is 5.54. The third-order valence-electron chi connectivity index (χ3n) is 3.74. The number of hydrogen-bond acceptors (Lipinski definition) is 5. The van der Waals surface area contributed by atoms with Gasteiger partial charge >= 0.3 is 0 Å². The van der Waals surface area contributed by atoms with Crippen LogP contribution < -0.4 is 4.74 Å². The van der Waals surface area contributed by atoms with Crippen molar-refractivity contribution in [1.82, 2.24) is 19.5 Å². The molecule has 0 spiro atoms. The SMILES string of the molecule is COc1ncnc2c1nc(CCl)n2C(C)C1CCCO1. The molecule has 7 heteroatoms. The van der Waals surface area contributed by atoms with Crippen LogP contribution in [0.3, 0.4) is 0 Å². The van der Waals surface area contributed by atoms with E-state index in [0.29, 0.717) is 17.3 Å². The molecule has 0 N–H and O–H groups in total. The van der Waals surface area contributed by atoms with Crippen LogP contribution in [0.25, 0.3) is 11.2 Å². The number of rotatable bonds is 4. The first kappa shape index (κ1) is 13.6. The Morgan fingerprint density at radius 2 is 2.40 bits per heavy atom. The Bertz CT molecular complexity index is 610. The summed E-state index contributed by atoms with van der Waals surface area (Å²) >= 11 is 6.04. The van der Waals surface area contributed by atoms with E-state index >= 15 is 0 Å². The number of imidazole rings is 1. The van der Waals surface area contributed by atoms with Crippen molar-refractivity contribution in [3.05, 3.63) is 12.2 Å². The van der Waals surface area contributed by atoms with Crippen molar-refractivity contribution in [2.75, 3.05) is 13.7 Å². The highest BCUT2D eigenvalue weighted by molar-refractivity contribution is 6.16. The second-order valence-electron chi connectivity index (χ2n) is 4.88. The molecule has 2 atom stereocenters. The van der Waals surface area contributed by atoms with E-state index in [4.69, 9.17) is 21.1 Å². The number of hydrogen-bond donors (Lipinski definition) is 0. The first-order chi connectivity index (χ1) is 9.76. The Morgan fingerprint density at radius 3 is 3.05 bits per heavy atom. The van der Waals surface area contributed by atoms with E-state index in [2.05, 4.69) is 21.9 Å². The Balaban J connectivity index is 2.12. The summed E-state index contributed by atoms with van der Waals surface area (Å²) in [5.74, 6) is 1.56. The average molecular weight is 297 g/mol. The molecule has 0 bridgehead atoms. The summed E-state index contributed by atoms with van der Waals surface area (Å²) in [7, 11) is 1.57. The minimum atomic E-state index is 0.135. The van der Waals surface area contributed by atoms with E-state index in [0.717, 1.165) is 30.9 Å². The molecular formula is C13H17ClN4O2. The van der Waals surface area contributed by atoms with Crippen molar-refractivity contribution in [2.45, 2.75) is 37.8 Å². The lowest BCUT2D eigenvalue weighted by atomic mass is 10.1. The molecule has 2 aromatic heterocycles. The number of nitrogens with zero attached hydrogens (tertiary/aromatic N) is 4. The predicted octanol–water partition coefficient (Wildman–Crippen LogP) is 2.31. The van der Waals surface area contributed by atoms with E-state index in [1.807, 2.05) is 4.57 Å². The van der Waals surface area contributed by atoms with Gasteiger partial charge in [-0.2, -0.15) is 4.98 Å². The van der Waals surface area contributed by atoms with Crippen molar-refractivity contribution in [3.63, 3.8) is 0 Å². The molecule has 1 aliphatic heterocycles. The second-order valence-corrected chi connectivity index (χ2v) is 5.15. The number of aromatic nitrogens is 4. The molecule has 1 aliphatic rings. The van der Waals surface area contributed by atoms with Gasteiger partial charge in [-0.1, -0.05) is 0 Å². The zero-order valence-corrected chi connectivity index (χ0v) is 12.3. The number of halogens is 1. The smallest absolute Gasteiger partial charge is 0.245 e. The summed E-state index contributed by atoms with van der Waals surface area (Å²) in [6, 6.07) is 0.135. The van der Waals surface area contributed by atoms with Gasteiger partial charge in [-0.05, 0) is 19.8 Å². The van der Waals surface area contributed by atoms with Gasteiger partial charge in [0, 0.05) is 6.61 Å². The maximum atomic E-state index is 6.04. The Morgan fingerprint density at radius 1 is 1.55 bits per heavy atom. The summed E-state index contributed by atoms with van der Waals surface area (Å²) in [6.07, 6.45) is 3.80. The number of alkyl halides is 1. The fraction of sp³-hybridized carbons (Fsp3) is 0.615. The molecule has 0 radical (unpaired) electrons. The van der Waals surface area contributed by atoms with Gasteiger partial charge in [0.1, 0.15) is 12.2 Å². The highest BCUT2D eigenvalue weighted by atomic mass is 35.5. The fourth-order valence-electron chi connectivity index (χ4n) is 2.75. The highest BCUT2D eigenvalue weighted by Gasteiger charge is 2.28. The van der Waals surface area contributed by atoms with Gasteiger partial charge in [-0.15, -0.1) is 11.6 Å². The van der Waals surface area contributed by atoms with Crippen molar-refractivity contribution in [2.24, 2.45) is 0 Å². The molecule has 108 valence electrons. The summed E-state index contributed by atoms with van der Waals surface area (Å²) in [5, 5.41) is 0. The summed E-state index contributed by atoms with van der Waals surface area (Å²) in [4.78, 5) is 13.0. The molecule has 0 aliphatic carbocycles. The van der Waals surface area contributed by atoms with Gasteiger partial charge in [0.2, 0.25) is 5.88 Å². The summed E-state index contributed by atoms with van der Waals surface area (Å²) in [5.41, 5.74) is 1.39. The van der Waals surface area contributed by atoms with Crippen LogP contribution in [0.15, 0.2) is 6.33 Å². The molecule has 0 saturated carbocycles. The molecule has 2 unspecified atom stereocenters. The zero-order chi connectivity index (χ0) is 14.1. The first-order valence-electron chi connectivity index (χ1n) is 6.69. The van der Waals surface area contributed by atoms with Crippen LogP contribution in [0.5, 0.6) is 5.88 Å². The van der Waals surface area contributed by atoms with Crippen molar-refractivity contribution >= 4 is 22.8 Å². The van der Waals surface area contributed by atoms with Crippen LogP contribution in [0.2, 0.25) is 0 Å². The quantitative estimate of drug-likeness (QED) is 0.810. The first-order valence-corrected chi connectivity index (χ1v) is 7.23. The number of ether oxygens (including phenoxy) is 2. The Hall–Kier alpha value is -1.40. The van der Waals surface area contributed by atoms with Gasteiger partial charge in [-0.3, -0.25) is 0 Å².